The number of hydrogen-bond acceptors (Lipinski definition) is 4. The number of carbonyl (C=O) groups excluding carboxylic acids is 1. The minimum Gasteiger partial charge on any atom is -0.748 e. The van der Waals surface area contributed by atoms with E-state index in [9.17, 15) is 17.8 Å². The van der Waals surface area contributed by atoms with Gasteiger partial charge in [0, 0.05) is 20.0 Å². The van der Waals surface area contributed by atoms with E-state index in [2.05, 4.69) is 19.1 Å². The van der Waals surface area contributed by atoms with Crippen molar-refractivity contribution in [3.8, 4) is 0 Å². The number of hydrogen-bond donors (Lipinski definition) is 0. The van der Waals surface area contributed by atoms with E-state index in [1.165, 1.54) is 94.8 Å². The standard InChI is InChI=1S/C25H49NO4S.K/c1-3-4-5-6-7-8-9-10-11-12-13-14-15-16-17-18-19-20-21-22-25(27)26(2)23-24-31(28,29)30;/h10-11H,3-9,12-24H2,1-2H3,(H,28,29,30);/q;+1/p-1/b11-10-;. The SMILES string of the molecule is CCCCCCCC/C=C\CCCCCCCCCCCC(=O)N(C)CCS(=O)(=O)[O-].[K+]. The Kier molecular flexibility index (Phi) is 27.1. The number of nitrogens with zero attached hydrogens (tertiary/aromatic N) is 1. The summed E-state index contributed by atoms with van der Waals surface area (Å²) in [7, 11) is -2.70. The summed E-state index contributed by atoms with van der Waals surface area (Å²) in [4.78, 5) is 13.2. The van der Waals surface area contributed by atoms with Gasteiger partial charge >= 0.3 is 51.4 Å². The molecule has 0 saturated heterocycles. The van der Waals surface area contributed by atoms with Crippen molar-refractivity contribution < 1.29 is 69.1 Å². The molecule has 0 saturated carbocycles. The Morgan fingerprint density at radius 1 is 0.750 bits per heavy atom. The van der Waals surface area contributed by atoms with Crippen LogP contribution in [0.3, 0.4) is 0 Å². The van der Waals surface area contributed by atoms with Crippen LogP contribution in [0.5, 0.6) is 0 Å². The van der Waals surface area contributed by atoms with Crippen LogP contribution >= 0.6 is 0 Å². The molecule has 184 valence electrons. The van der Waals surface area contributed by atoms with Gasteiger partial charge in [0.15, 0.2) is 0 Å². The molecule has 0 atom stereocenters. The number of carbonyl (C=O) groups is 1. The summed E-state index contributed by atoms with van der Waals surface area (Å²) in [5.74, 6) is -0.588. The molecule has 5 nitrogen and oxygen atoms in total. The van der Waals surface area contributed by atoms with Crippen LogP contribution in [0.2, 0.25) is 0 Å². The van der Waals surface area contributed by atoms with Gasteiger partial charge in [0.2, 0.25) is 5.91 Å². The van der Waals surface area contributed by atoms with Crippen LogP contribution in [0.15, 0.2) is 12.2 Å². The van der Waals surface area contributed by atoms with E-state index in [1.54, 1.807) is 7.05 Å². The Labute approximate surface area is 241 Å². The van der Waals surface area contributed by atoms with E-state index in [4.69, 9.17) is 0 Å². The van der Waals surface area contributed by atoms with Gasteiger partial charge in [-0.2, -0.15) is 0 Å². The molecule has 7 heteroatoms. The van der Waals surface area contributed by atoms with Gasteiger partial charge in [0.25, 0.3) is 0 Å². The van der Waals surface area contributed by atoms with E-state index in [-0.39, 0.29) is 63.8 Å². The van der Waals surface area contributed by atoms with Crippen molar-refractivity contribution in [2.45, 2.75) is 122 Å². The van der Waals surface area contributed by atoms with E-state index in [1.807, 2.05) is 0 Å². The molecule has 0 fully saturated rings. The summed E-state index contributed by atoms with van der Waals surface area (Å²) in [6.07, 6.45) is 26.6. The van der Waals surface area contributed by atoms with E-state index in [0.29, 0.717) is 6.42 Å². The summed E-state index contributed by atoms with van der Waals surface area (Å²) in [5.41, 5.74) is 0. The molecule has 0 aliphatic rings. The first-order chi connectivity index (χ1) is 14.9. The molecule has 0 unspecified atom stereocenters. The average molecular weight is 498 g/mol. The molecule has 0 N–H and O–H groups in total. The third-order valence-electron chi connectivity index (χ3n) is 5.75. The fourth-order valence-electron chi connectivity index (χ4n) is 3.62. The van der Waals surface area contributed by atoms with Gasteiger partial charge < -0.3 is 9.45 Å². The van der Waals surface area contributed by atoms with Gasteiger partial charge in [-0.1, -0.05) is 96.1 Å². The smallest absolute Gasteiger partial charge is 0.748 e. The molecule has 0 heterocycles. The Morgan fingerprint density at radius 2 is 1.16 bits per heavy atom. The van der Waals surface area contributed by atoms with Crippen LogP contribution in [-0.4, -0.2) is 43.1 Å². The third-order valence-corrected chi connectivity index (χ3v) is 6.44. The van der Waals surface area contributed by atoms with Crippen LogP contribution < -0.4 is 51.4 Å². The fourth-order valence-corrected chi connectivity index (χ4v) is 4.12. The van der Waals surface area contributed by atoms with Crippen molar-refractivity contribution in [2.24, 2.45) is 0 Å². The van der Waals surface area contributed by atoms with Gasteiger partial charge in [-0.15, -0.1) is 0 Å². The van der Waals surface area contributed by atoms with Crippen molar-refractivity contribution in [1.29, 1.82) is 0 Å². The zero-order chi connectivity index (χ0) is 23.2. The summed E-state index contributed by atoms with van der Waals surface area (Å²) < 4.78 is 31.8. The van der Waals surface area contributed by atoms with Crippen molar-refractivity contribution in [1.82, 2.24) is 4.90 Å². The van der Waals surface area contributed by atoms with Crippen molar-refractivity contribution in [3.63, 3.8) is 0 Å². The molecule has 0 aliphatic carbocycles. The zero-order valence-electron chi connectivity index (χ0n) is 21.3. The molecule has 32 heavy (non-hydrogen) atoms. The molecule has 0 aromatic carbocycles. The third kappa shape index (κ3) is 27.0. The second-order valence-corrected chi connectivity index (χ2v) is 10.3. The van der Waals surface area contributed by atoms with E-state index >= 15 is 0 Å². The van der Waals surface area contributed by atoms with Gasteiger partial charge in [0.1, 0.15) is 0 Å². The molecule has 0 aliphatic heterocycles. The van der Waals surface area contributed by atoms with Crippen molar-refractivity contribution >= 4 is 16.0 Å². The second-order valence-electron chi connectivity index (χ2n) is 8.83. The molecule has 0 rings (SSSR count). The zero-order valence-corrected chi connectivity index (χ0v) is 25.2. The van der Waals surface area contributed by atoms with Gasteiger partial charge in [-0.25, -0.2) is 8.42 Å². The maximum absolute atomic E-state index is 11.9. The maximum atomic E-state index is 11.9. The second kappa shape index (κ2) is 24.9. The van der Waals surface area contributed by atoms with Gasteiger partial charge in [-0.3, -0.25) is 4.79 Å². The largest absolute Gasteiger partial charge is 1.00 e. The van der Waals surface area contributed by atoms with Crippen LogP contribution in [-0.2, 0) is 14.9 Å². The predicted molar refractivity (Wildman–Crippen MR) is 130 cm³/mol. The van der Waals surface area contributed by atoms with E-state index < -0.39 is 15.9 Å². The molecule has 0 bridgehead atoms. The summed E-state index contributed by atoms with van der Waals surface area (Å²) >= 11 is 0. The number of amides is 1. The van der Waals surface area contributed by atoms with E-state index in [0.717, 1.165) is 19.3 Å². The summed E-state index contributed by atoms with van der Waals surface area (Å²) in [5, 5.41) is 0. The fraction of sp³-hybridized carbons (Fsp3) is 0.880. The van der Waals surface area contributed by atoms with Crippen molar-refractivity contribution in [3.05, 3.63) is 12.2 Å². The quantitative estimate of drug-likeness (QED) is 0.0991. The molecule has 0 aromatic heterocycles. The monoisotopic (exact) mass is 497 g/mol. The number of unbranched alkanes of at least 4 members (excludes halogenated alkanes) is 15. The number of allylic oxidation sites excluding steroid dienone is 2. The Bertz CT molecular complexity index is 552. The molecule has 0 aromatic rings. The first-order valence-electron chi connectivity index (χ1n) is 12.7. The van der Waals surface area contributed by atoms with Crippen LogP contribution in [0.4, 0.5) is 0 Å². The van der Waals surface area contributed by atoms with Gasteiger partial charge in [0.05, 0.1) is 15.9 Å². The summed E-state index contributed by atoms with van der Waals surface area (Å²) in [6.45, 7) is 2.25. The first kappa shape index (κ1) is 34.9. The Balaban J connectivity index is 0. The van der Waals surface area contributed by atoms with Crippen LogP contribution in [0.25, 0.3) is 0 Å². The van der Waals surface area contributed by atoms with Crippen LogP contribution in [0, 0.1) is 0 Å². The first-order valence-corrected chi connectivity index (χ1v) is 14.3. The molecule has 1 amide bonds. The maximum Gasteiger partial charge on any atom is 1.00 e. The van der Waals surface area contributed by atoms with Crippen molar-refractivity contribution in [2.75, 3.05) is 19.3 Å². The molecule has 0 radical (unpaired) electrons. The minimum atomic E-state index is -4.25. The number of rotatable bonds is 22. The Hall–Kier alpha value is 0.756. The predicted octanol–water partition coefficient (Wildman–Crippen LogP) is 3.59. The Morgan fingerprint density at radius 3 is 1.59 bits per heavy atom. The van der Waals surface area contributed by atoms with Crippen LogP contribution in [0.1, 0.15) is 122 Å². The summed E-state index contributed by atoms with van der Waals surface area (Å²) in [6, 6.07) is 0. The molecular weight excluding hydrogens is 449 g/mol. The average Bonchev–Trinajstić information content (AvgIpc) is 2.72. The topological polar surface area (TPSA) is 77.5 Å². The minimum absolute atomic E-state index is 0. The molecule has 0 spiro atoms. The normalized spacial score (nSPS) is 11.6. The molecular formula is C25H48KNO4S. The van der Waals surface area contributed by atoms with Gasteiger partial charge in [-0.05, 0) is 32.1 Å².